The third-order valence-electron chi connectivity index (χ3n) is 3.27. The van der Waals surface area contributed by atoms with Gasteiger partial charge in [-0.1, -0.05) is 18.2 Å². The molecule has 110 valence electrons. The normalized spacial score (nSPS) is 10.0. The number of anilines is 2. The lowest BCUT2D eigenvalue weighted by Crippen LogP contribution is -2.27. The number of carbonyl (C=O) groups excluding carboxylic acids is 1. The van der Waals surface area contributed by atoms with Crippen LogP contribution in [-0.2, 0) is 0 Å². The van der Waals surface area contributed by atoms with Gasteiger partial charge in [-0.2, -0.15) is 0 Å². The molecule has 0 aliphatic carbocycles. The highest BCUT2D eigenvalue weighted by atomic mass is 16.5. The number of ether oxygens (including phenoxy) is 1. The van der Waals surface area contributed by atoms with Crippen LogP contribution in [0.5, 0.6) is 5.75 Å². The molecule has 0 saturated carbocycles. The van der Waals surface area contributed by atoms with Gasteiger partial charge >= 0.3 is 0 Å². The molecule has 0 atom stereocenters. The Morgan fingerprint density at radius 3 is 2.67 bits per heavy atom. The molecule has 0 spiro atoms. The minimum atomic E-state index is -0.0557. The van der Waals surface area contributed by atoms with E-state index in [0.717, 1.165) is 23.7 Å². The first kappa shape index (κ1) is 14.9. The molecule has 2 aromatic rings. The van der Waals surface area contributed by atoms with Crippen molar-refractivity contribution < 1.29 is 9.53 Å². The summed E-state index contributed by atoms with van der Waals surface area (Å²) < 4.78 is 5.20. The number of nitrogens with zero attached hydrogens (tertiary/aromatic N) is 1. The van der Waals surface area contributed by atoms with Crippen molar-refractivity contribution in [3.63, 3.8) is 0 Å². The fourth-order valence-corrected chi connectivity index (χ4v) is 2.13. The van der Waals surface area contributed by atoms with Crippen LogP contribution < -0.4 is 15.0 Å². The van der Waals surface area contributed by atoms with E-state index in [1.807, 2.05) is 55.5 Å². The molecule has 4 heteroatoms. The number of carbonyl (C=O) groups is 1. The summed E-state index contributed by atoms with van der Waals surface area (Å²) in [7, 11) is 3.38. The number of benzene rings is 2. The Bertz CT molecular complexity index is 626. The number of methoxy groups -OCH3 is 1. The molecule has 1 amide bonds. The molecule has 0 aromatic heterocycles. The van der Waals surface area contributed by atoms with Crippen molar-refractivity contribution in [2.45, 2.75) is 6.92 Å². The summed E-state index contributed by atoms with van der Waals surface area (Å²) in [4.78, 5) is 14.3. The lowest BCUT2D eigenvalue weighted by atomic mass is 10.1. The van der Waals surface area contributed by atoms with E-state index >= 15 is 0 Å². The fourth-order valence-electron chi connectivity index (χ4n) is 2.13. The van der Waals surface area contributed by atoms with Gasteiger partial charge in [0.15, 0.2) is 0 Å². The fraction of sp³-hybridized carbons (Fsp3) is 0.235. The van der Waals surface area contributed by atoms with E-state index in [1.165, 1.54) is 0 Å². The molecular weight excluding hydrogens is 264 g/mol. The van der Waals surface area contributed by atoms with E-state index in [9.17, 15) is 4.79 Å². The third-order valence-corrected chi connectivity index (χ3v) is 3.27. The van der Waals surface area contributed by atoms with Gasteiger partial charge in [0.25, 0.3) is 5.91 Å². The first-order chi connectivity index (χ1) is 10.2. The van der Waals surface area contributed by atoms with Crippen molar-refractivity contribution in [3.8, 4) is 5.75 Å². The number of rotatable bonds is 5. The lowest BCUT2D eigenvalue weighted by Gasteiger charge is -2.20. The van der Waals surface area contributed by atoms with Crippen LogP contribution in [0.1, 0.15) is 17.3 Å². The molecular formula is C17H20N2O2. The van der Waals surface area contributed by atoms with Crippen LogP contribution in [0.2, 0.25) is 0 Å². The highest BCUT2D eigenvalue weighted by Crippen LogP contribution is 2.23. The molecule has 0 unspecified atom stereocenters. The van der Waals surface area contributed by atoms with Gasteiger partial charge in [-0.3, -0.25) is 4.79 Å². The molecule has 0 radical (unpaired) electrons. The van der Waals surface area contributed by atoms with E-state index < -0.39 is 0 Å². The maximum atomic E-state index is 12.7. The number of nitrogens with one attached hydrogen (secondary N) is 1. The van der Waals surface area contributed by atoms with Crippen molar-refractivity contribution in [1.29, 1.82) is 0 Å². The third kappa shape index (κ3) is 3.34. The maximum absolute atomic E-state index is 12.7. The summed E-state index contributed by atoms with van der Waals surface area (Å²) in [5, 5.41) is 3.21. The summed E-state index contributed by atoms with van der Waals surface area (Å²) in [6.07, 6.45) is 0. The predicted molar refractivity (Wildman–Crippen MR) is 86.3 cm³/mol. The molecule has 0 aliphatic heterocycles. The van der Waals surface area contributed by atoms with E-state index in [4.69, 9.17) is 4.74 Å². The minimum absolute atomic E-state index is 0.0557. The highest BCUT2D eigenvalue weighted by Gasteiger charge is 2.16. The molecule has 0 aliphatic rings. The topological polar surface area (TPSA) is 41.6 Å². The van der Waals surface area contributed by atoms with E-state index in [-0.39, 0.29) is 5.91 Å². The van der Waals surface area contributed by atoms with Crippen molar-refractivity contribution in [3.05, 3.63) is 54.1 Å². The van der Waals surface area contributed by atoms with Gasteiger partial charge in [0.2, 0.25) is 0 Å². The Morgan fingerprint density at radius 1 is 1.19 bits per heavy atom. The summed E-state index contributed by atoms with van der Waals surface area (Å²) in [5.41, 5.74) is 2.30. The van der Waals surface area contributed by atoms with Crippen LogP contribution in [0, 0.1) is 0 Å². The summed E-state index contributed by atoms with van der Waals surface area (Å²) in [6.45, 7) is 2.78. The number of hydrogen-bond donors (Lipinski definition) is 1. The second-order valence-electron chi connectivity index (χ2n) is 4.64. The average molecular weight is 284 g/mol. The summed E-state index contributed by atoms with van der Waals surface area (Å²) in [5.74, 6) is 0.673. The Balaban J connectivity index is 2.30. The van der Waals surface area contributed by atoms with Gasteiger partial charge in [0.05, 0.1) is 12.7 Å². The van der Waals surface area contributed by atoms with E-state index in [0.29, 0.717) is 5.56 Å². The molecule has 2 rings (SSSR count). The Labute approximate surface area is 125 Å². The molecule has 2 aromatic carbocycles. The first-order valence-corrected chi connectivity index (χ1v) is 6.92. The molecule has 4 nitrogen and oxygen atoms in total. The molecule has 1 N–H and O–H groups in total. The predicted octanol–water partition coefficient (Wildman–Crippen LogP) is 3.40. The molecule has 21 heavy (non-hydrogen) atoms. The smallest absolute Gasteiger partial charge is 0.260 e. The maximum Gasteiger partial charge on any atom is 0.260 e. The van der Waals surface area contributed by atoms with Crippen molar-refractivity contribution in [2.75, 3.05) is 30.9 Å². The second-order valence-corrected chi connectivity index (χ2v) is 4.64. The zero-order chi connectivity index (χ0) is 15.2. The van der Waals surface area contributed by atoms with Crippen LogP contribution in [0.25, 0.3) is 0 Å². The van der Waals surface area contributed by atoms with Crippen molar-refractivity contribution in [1.82, 2.24) is 0 Å². The van der Waals surface area contributed by atoms with Gasteiger partial charge in [0.1, 0.15) is 5.75 Å². The number of para-hydroxylation sites is 1. The molecule has 0 saturated heterocycles. The standard InChI is InChI=1S/C17H20N2O2/c1-4-18-16-11-6-5-10-15(16)17(20)19(2)13-8-7-9-14(12-13)21-3/h5-12,18H,4H2,1-3H3. The largest absolute Gasteiger partial charge is 0.497 e. The Morgan fingerprint density at radius 2 is 1.95 bits per heavy atom. The van der Waals surface area contributed by atoms with Crippen LogP contribution in [0.3, 0.4) is 0 Å². The van der Waals surface area contributed by atoms with Crippen LogP contribution in [0.4, 0.5) is 11.4 Å². The monoisotopic (exact) mass is 284 g/mol. The van der Waals surface area contributed by atoms with Crippen LogP contribution >= 0.6 is 0 Å². The second kappa shape index (κ2) is 6.79. The van der Waals surface area contributed by atoms with Gasteiger partial charge in [-0.15, -0.1) is 0 Å². The lowest BCUT2D eigenvalue weighted by molar-refractivity contribution is 0.0994. The number of hydrogen-bond acceptors (Lipinski definition) is 3. The van der Waals surface area contributed by atoms with Gasteiger partial charge in [-0.05, 0) is 31.2 Å². The van der Waals surface area contributed by atoms with Gasteiger partial charge in [-0.25, -0.2) is 0 Å². The quantitative estimate of drug-likeness (QED) is 0.915. The Kier molecular flexibility index (Phi) is 4.82. The number of amides is 1. The minimum Gasteiger partial charge on any atom is -0.497 e. The first-order valence-electron chi connectivity index (χ1n) is 6.92. The van der Waals surface area contributed by atoms with Gasteiger partial charge < -0.3 is 15.0 Å². The highest BCUT2D eigenvalue weighted by molar-refractivity contribution is 6.09. The average Bonchev–Trinajstić information content (AvgIpc) is 2.54. The van der Waals surface area contributed by atoms with Crippen LogP contribution in [0.15, 0.2) is 48.5 Å². The van der Waals surface area contributed by atoms with Crippen molar-refractivity contribution in [2.24, 2.45) is 0 Å². The van der Waals surface area contributed by atoms with E-state index in [1.54, 1.807) is 19.1 Å². The van der Waals surface area contributed by atoms with Crippen molar-refractivity contribution >= 4 is 17.3 Å². The zero-order valence-electron chi connectivity index (χ0n) is 12.6. The van der Waals surface area contributed by atoms with Gasteiger partial charge in [0, 0.05) is 31.0 Å². The molecule has 0 bridgehead atoms. The van der Waals surface area contributed by atoms with Crippen LogP contribution in [-0.4, -0.2) is 26.6 Å². The Hall–Kier alpha value is -2.49. The summed E-state index contributed by atoms with van der Waals surface area (Å²) >= 11 is 0. The van der Waals surface area contributed by atoms with E-state index in [2.05, 4.69) is 5.32 Å². The molecule has 0 fully saturated rings. The zero-order valence-corrected chi connectivity index (χ0v) is 12.6. The SMILES string of the molecule is CCNc1ccccc1C(=O)N(C)c1cccc(OC)c1. The molecule has 0 heterocycles. The summed E-state index contributed by atoms with van der Waals surface area (Å²) in [6, 6.07) is 15.0.